The summed E-state index contributed by atoms with van der Waals surface area (Å²) in [7, 11) is 0. The third kappa shape index (κ3) is 2.48. The largest absolute Gasteiger partial charge is 0.444 e. The number of carbonyl (C=O) groups excluding carboxylic acids is 1. The first kappa shape index (κ1) is 15.4. The molecule has 2 N–H and O–H groups in total. The van der Waals surface area contributed by atoms with Crippen LogP contribution in [0.5, 0.6) is 0 Å². The van der Waals surface area contributed by atoms with Crippen LogP contribution < -0.4 is 0 Å². The first-order chi connectivity index (χ1) is 8.92. The minimum atomic E-state index is -2.84. The molecule has 0 aromatic carbocycles. The van der Waals surface area contributed by atoms with Crippen LogP contribution in [0.4, 0.5) is 13.6 Å². The molecule has 1 aliphatic carbocycles. The van der Waals surface area contributed by atoms with Crippen LogP contribution in [0.2, 0.25) is 0 Å². The van der Waals surface area contributed by atoms with E-state index in [1.807, 2.05) is 0 Å². The lowest BCUT2D eigenvalue weighted by Gasteiger charge is -2.61. The van der Waals surface area contributed by atoms with Gasteiger partial charge in [-0.2, -0.15) is 0 Å². The van der Waals surface area contributed by atoms with Gasteiger partial charge < -0.3 is 19.8 Å². The molecule has 7 heteroatoms. The highest BCUT2D eigenvalue weighted by atomic mass is 19.3. The van der Waals surface area contributed by atoms with Gasteiger partial charge in [-0.15, -0.1) is 0 Å². The second-order valence-corrected chi connectivity index (χ2v) is 7.02. The van der Waals surface area contributed by atoms with Gasteiger partial charge in [-0.1, -0.05) is 0 Å². The lowest BCUT2D eigenvalue weighted by atomic mass is 9.54. The average Bonchev–Trinajstić information content (AvgIpc) is 2.17. The number of hydrogen-bond acceptors (Lipinski definition) is 4. The number of alkyl halides is 2. The van der Waals surface area contributed by atoms with Crippen molar-refractivity contribution in [2.45, 2.75) is 50.7 Å². The summed E-state index contributed by atoms with van der Waals surface area (Å²) < 4.78 is 31.3. The molecular formula is C13H21F2NO4. The van der Waals surface area contributed by atoms with E-state index in [9.17, 15) is 23.8 Å². The molecule has 5 nitrogen and oxygen atoms in total. The first-order valence-electron chi connectivity index (χ1n) is 6.61. The molecule has 0 radical (unpaired) electrons. The Hall–Kier alpha value is -0.950. The van der Waals surface area contributed by atoms with Gasteiger partial charge in [-0.05, 0) is 20.8 Å². The quantitative estimate of drug-likeness (QED) is 0.807. The van der Waals surface area contributed by atoms with Gasteiger partial charge in [-0.25, -0.2) is 13.6 Å². The maximum atomic E-state index is 13.1. The predicted molar refractivity (Wildman–Crippen MR) is 66.5 cm³/mol. The number of halogens is 2. The van der Waals surface area contributed by atoms with E-state index in [4.69, 9.17) is 4.74 Å². The standard InChI is InChI=1S/C13H21F2NO4/c1-10(2,3)20-9(18)16-6-12(19,7-16)11(8-17)4-13(14,15)5-11/h17,19H,4-8H2,1-3H3. The van der Waals surface area contributed by atoms with Crippen molar-refractivity contribution in [1.29, 1.82) is 0 Å². The van der Waals surface area contributed by atoms with Crippen molar-refractivity contribution in [1.82, 2.24) is 4.90 Å². The second kappa shape index (κ2) is 4.27. The Morgan fingerprint density at radius 1 is 1.30 bits per heavy atom. The van der Waals surface area contributed by atoms with E-state index < -0.39 is 48.1 Å². The van der Waals surface area contributed by atoms with E-state index in [0.717, 1.165) is 0 Å². The molecular weight excluding hydrogens is 272 g/mol. The van der Waals surface area contributed by atoms with E-state index in [-0.39, 0.29) is 13.1 Å². The van der Waals surface area contributed by atoms with Gasteiger partial charge in [-0.3, -0.25) is 0 Å². The molecule has 0 atom stereocenters. The number of ether oxygens (including phenoxy) is 1. The maximum absolute atomic E-state index is 13.1. The lowest BCUT2D eigenvalue weighted by Crippen LogP contribution is -2.76. The third-order valence-electron chi connectivity index (χ3n) is 4.04. The smallest absolute Gasteiger partial charge is 0.410 e. The fourth-order valence-electron chi connectivity index (χ4n) is 2.90. The number of rotatable bonds is 2. The van der Waals surface area contributed by atoms with Crippen LogP contribution in [0.15, 0.2) is 0 Å². The molecule has 1 aliphatic heterocycles. The van der Waals surface area contributed by atoms with E-state index in [0.29, 0.717) is 0 Å². The van der Waals surface area contributed by atoms with Crippen molar-refractivity contribution in [2.24, 2.45) is 5.41 Å². The molecule has 2 aliphatic rings. The van der Waals surface area contributed by atoms with Gasteiger partial charge in [0, 0.05) is 18.3 Å². The molecule has 2 fully saturated rings. The summed E-state index contributed by atoms with van der Waals surface area (Å²) in [6.45, 7) is 4.48. The summed E-state index contributed by atoms with van der Waals surface area (Å²) >= 11 is 0. The van der Waals surface area contributed by atoms with Crippen molar-refractivity contribution in [2.75, 3.05) is 19.7 Å². The monoisotopic (exact) mass is 293 g/mol. The summed E-state index contributed by atoms with van der Waals surface area (Å²) in [4.78, 5) is 13.0. The number of β-amino-alcohol motifs (C(OH)–C–C–N with tert-alkyl or cyclic N) is 1. The normalized spacial score (nSPS) is 26.4. The zero-order valence-corrected chi connectivity index (χ0v) is 11.9. The minimum absolute atomic E-state index is 0.0848. The summed E-state index contributed by atoms with van der Waals surface area (Å²) in [6.07, 6.45) is -1.68. The highest BCUT2D eigenvalue weighted by Crippen LogP contribution is 2.59. The average molecular weight is 293 g/mol. The predicted octanol–water partition coefficient (Wildman–Crippen LogP) is 1.38. The molecule has 1 amide bonds. The van der Waals surface area contributed by atoms with Gasteiger partial charge in [0.1, 0.15) is 11.2 Å². The van der Waals surface area contributed by atoms with Gasteiger partial charge >= 0.3 is 6.09 Å². The Morgan fingerprint density at radius 3 is 2.15 bits per heavy atom. The fourth-order valence-corrected chi connectivity index (χ4v) is 2.90. The molecule has 1 saturated heterocycles. The number of aliphatic hydroxyl groups excluding tert-OH is 1. The van der Waals surface area contributed by atoms with E-state index in [2.05, 4.69) is 0 Å². The second-order valence-electron chi connectivity index (χ2n) is 7.02. The molecule has 2 rings (SSSR count). The number of nitrogens with zero attached hydrogens (tertiary/aromatic N) is 1. The Balaban J connectivity index is 1.96. The van der Waals surface area contributed by atoms with Crippen LogP contribution in [0, 0.1) is 5.41 Å². The van der Waals surface area contributed by atoms with E-state index in [1.165, 1.54) is 4.90 Å². The number of carbonyl (C=O) groups is 1. The van der Waals surface area contributed by atoms with Crippen LogP contribution in [0.25, 0.3) is 0 Å². The zero-order chi connectivity index (χ0) is 15.4. The topological polar surface area (TPSA) is 70.0 Å². The van der Waals surface area contributed by atoms with Crippen molar-refractivity contribution in [3.8, 4) is 0 Å². The Labute approximate surface area is 116 Å². The molecule has 20 heavy (non-hydrogen) atoms. The molecule has 116 valence electrons. The summed E-state index contributed by atoms with van der Waals surface area (Å²) in [5.41, 5.74) is -3.32. The highest BCUT2D eigenvalue weighted by molar-refractivity contribution is 5.69. The number of amides is 1. The number of aliphatic hydroxyl groups is 2. The molecule has 1 heterocycles. The van der Waals surface area contributed by atoms with Gasteiger partial charge in [0.15, 0.2) is 0 Å². The fraction of sp³-hybridized carbons (Fsp3) is 0.923. The molecule has 0 aromatic rings. The van der Waals surface area contributed by atoms with Crippen LogP contribution in [-0.4, -0.2) is 58.0 Å². The molecule has 0 bridgehead atoms. The third-order valence-corrected chi connectivity index (χ3v) is 4.04. The Kier molecular flexibility index (Phi) is 3.30. The van der Waals surface area contributed by atoms with Crippen LogP contribution >= 0.6 is 0 Å². The van der Waals surface area contributed by atoms with Gasteiger partial charge in [0.05, 0.1) is 19.7 Å². The summed E-state index contributed by atoms with van der Waals surface area (Å²) in [6, 6.07) is 0. The molecule has 0 unspecified atom stereocenters. The highest BCUT2D eigenvalue weighted by Gasteiger charge is 2.69. The molecule has 1 saturated carbocycles. The summed E-state index contributed by atoms with van der Waals surface area (Å²) in [5, 5.41) is 19.7. The lowest BCUT2D eigenvalue weighted by molar-refractivity contribution is -0.281. The zero-order valence-electron chi connectivity index (χ0n) is 11.9. The van der Waals surface area contributed by atoms with Crippen molar-refractivity contribution in [3.63, 3.8) is 0 Å². The van der Waals surface area contributed by atoms with Crippen molar-refractivity contribution in [3.05, 3.63) is 0 Å². The Morgan fingerprint density at radius 2 is 1.80 bits per heavy atom. The van der Waals surface area contributed by atoms with Crippen LogP contribution in [0.1, 0.15) is 33.6 Å². The molecule has 0 aromatic heterocycles. The van der Waals surface area contributed by atoms with Gasteiger partial charge in [0.2, 0.25) is 5.92 Å². The van der Waals surface area contributed by atoms with Crippen molar-refractivity contribution >= 4 is 6.09 Å². The Bertz CT molecular complexity index is 405. The van der Waals surface area contributed by atoms with Crippen LogP contribution in [-0.2, 0) is 4.74 Å². The van der Waals surface area contributed by atoms with Crippen LogP contribution in [0.3, 0.4) is 0 Å². The molecule has 0 spiro atoms. The minimum Gasteiger partial charge on any atom is -0.444 e. The van der Waals surface area contributed by atoms with E-state index >= 15 is 0 Å². The summed E-state index contributed by atoms with van der Waals surface area (Å²) in [5.74, 6) is -2.84. The van der Waals surface area contributed by atoms with Crippen molar-refractivity contribution < 1.29 is 28.5 Å². The van der Waals surface area contributed by atoms with Gasteiger partial charge in [0.25, 0.3) is 0 Å². The first-order valence-corrected chi connectivity index (χ1v) is 6.61. The maximum Gasteiger partial charge on any atom is 0.410 e. The van der Waals surface area contributed by atoms with E-state index in [1.54, 1.807) is 20.8 Å². The SMILES string of the molecule is CC(C)(C)OC(=O)N1CC(O)(C2(CO)CC(F)(F)C2)C1. The number of hydrogen-bond donors (Lipinski definition) is 2. The number of likely N-dealkylation sites (tertiary alicyclic amines) is 1.